The van der Waals surface area contributed by atoms with Gasteiger partial charge in [0.2, 0.25) is 0 Å². The Kier molecular flexibility index (Phi) is 4.88. The van der Waals surface area contributed by atoms with Gasteiger partial charge in [-0.25, -0.2) is 0 Å². The highest BCUT2D eigenvalue weighted by molar-refractivity contribution is 5.85. The zero-order valence-corrected chi connectivity index (χ0v) is 11.7. The largest absolute Gasteiger partial charge is 0.377 e. The Labute approximate surface area is 114 Å². The number of hydrogen-bond acceptors (Lipinski definition) is 3. The molecule has 2 unspecified atom stereocenters. The molecule has 1 aromatic carbocycles. The molecule has 2 rings (SSSR count). The average molecular weight is 258 g/mol. The number of benzene rings is 1. The molecule has 0 aliphatic heterocycles. The average Bonchev–Trinajstić information content (AvgIpc) is 2.46. The van der Waals surface area contributed by atoms with Crippen LogP contribution in [0.4, 0.5) is 0 Å². The van der Waals surface area contributed by atoms with Crippen LogP contribution < -0.4 is 5.73 Å². The first-order valence-electron chi connectivity index (χ1n) is 6.97. The van der Waals surface area contributed by atoms with E-state index in [9.17, 15) is 0 Å². The van der Waals surface area contributed by atoms with Crippen LogP contribution >= 0.6 is 0 Å². The van der Waals surface area contributed by atoms with Gasteiger partial charge in [0.25, 0.3) is 0 Å². The van der Waals surface area contributed by atoms with Crippen molar-refractivity contribution in [2.45, 2.75) is 38.8 Å². The number of nitrogens with zero attached hydrogens (tertiary/aromatic N) is 1. The van der Waals surface area contributed by atoms with Gasteiger partial charge in [0.15, 0.2) is 0 Å². The third-order valence-corrected chi connectivity index (χ3v) is 3.43. The summed E-state index contributed by atoms with van der Waals surface area (Å²) in [6.45, 7) is 4.87. The van der Waals surface area contributed by atoms with E-state index < -0.39 is 0 Å². The second-order valence-electron chi connectivity index (χ2n) is 4.75. The molecule has 2 aromatic rings. The second-order valence-corrected chi connectivity index (χ2v) is 4.75. The van der Waals surface area contributed by atoms with E-state index in [0.717, 1.165) is 23.8 Å². The first-order chi connectivity index (χ1) is 9.27. The van der Waals surface area contributed by atoms with Gasteiger partial charge >= 0.3 is 0 Å². The van der Waals surface area contributed by atoms with Crippen LogP contribution in [0.5, 0.6) is 0 Å². The number of hydrogen-bond donors (Lipinski definition) is 1. The minimum absolute atomic E-state index is 0.0702. The zero-order valence-electron chi connectivity index (χ0n) is 11.7. The molecule has 0 saturated carbocycles. The standard InChI is InChI=1S/C16H22N2O/c1-3-6-15(19-4-2)16(17)13-8-5-7-12-9-10-18-11-14(12)13/h5,7-11,15-16H,3-4,6,17H2,1-2H3. The van der Waals surface area contributed by atoms with Crippen molar-refractivity contribution in [3.8, 4) is 0 Å². The number of nitrogens with two attached hydrogens (primary N) is 1. The van der Waals surface area contributed by atoms with Gasteiger partial charge in [-0.3, -0.25) is 4.98 Å². The Morgan fingerprint density at radius 2 is 2.11 bits per heavy atom. The van der Waals surface area contributed by atoms with E-state index in [1.165, 1.54) is 5.39 Å². The van der Waals surface area contributed by atoms with Crippen LogP contribution in [-0.2, 0) is 4.74 Å². The lowest BCUT2D eigenvalue weighted by Gasteiger charge is -2.24. The van der Waals surface area contributed by atoms with Gasteiger partial charge < -0.3 is 10.5 Å². The topological polar surface area (TPSA) is 48.1 Å². The molecule has 0 radical (unpaired) electrons. The van der Waals surface area contributed by atoms with E-state index in [4.69, 9.17) is 10.5 Å². The highest BCUT2D eigenvalue weighted by Gasteiger charge is 2.20. The van der Waals surface area contributed by atoms with Gasteiger partial charge in [-0.15, -0.1) is 0 Å². The summed E-state index contributed by atoms with van der Waals surface area (Å²) in [6.07, 6.45) is 5.82. The first kappa shape index (κ1) is 14.0. The smallest absolute Gasteiger partial charge is 0.0767 e. The highest BCUT2D eigenvalue weighted by Crippen LogP contribution is 2.27. The van der Waals surface area contributed by atoms with Gasteiger partial charge in [-0.1, -0.05) is 31.5 Å². The van der Waals surface area contributed by atoms with Crippen molar-refractivity contribution in [1.29, 1.82) is 0 Å². The fraction of sp³-hybridized carbons (Fsp3) is 0.438. The van der Waals surface area contributed by atoms with E-state index in [1.807, 2.05) is 31.5 Å². The van der Waals surface area contributed by atoms with E-state index >= 15 is 0 Å². The van der Waals surface area contributed by atoms with Crippen molar-refractivity contribution in [2.75, 3.05) is 6.61 Å². The zero-order chi connectivity index (χ0) is 13.7. The Morgan fingerprint density at radius 3 is 2.84 bits per heavy atom. The predicted molar refractivity (Wildman–Crippen MR) is 79.0 cm³/mol. The van der Waals surface area contributed by atoms with E-state index in [-0.39, 0.29) is 12.1 Å². The summed E-state index contributed by atoms with van der Waals surface area (Å²) in [5.74, 6) is 0. The Balaban J connectivity index is 2.36. The summed E-state index contributed by atoms with van der Waals surface area (Å²) in [5.41, 5.74) is 7.55. The van der Waals surface area contributed by atoms with Crippen molar-refractivity contribution >= 4 is 10.8 Å². The number of rotatable bonds is 6. The molecule has 0 fully saturated rings. The number of fused-ring (bicyclic) bond motifs is 1. The minimum Gasteiger partial charge on any atom is -0.377 e. The summed E-state index contributed by atoms with van der Waals surface area (Å²) in [4.78, 5) is 4.21. The summed E-state index contributed by atoms with van der Waals surface area (Å²) in [5, 5.41) is 2.30. The van der Waals surface area contributed by atoms with Crippen LogP contribution in [0, 0.1) is 0 Å². The van der Waals surface area contributed by atoms with Crippen molar-refractivity contribution in [3.63, 3.8) is 0 Å². The summed E-state index contributed by atoms with van der Waals surface area (Å²) in [7, 11) is 0. The second kappa shape index (κ2) is 6.64. The third kappa shape index (κ3) is 3.11. The molecule has 3 nitrogen and oxygen atoms in total. The molecular formula is C16H22N2O. The maximum atomic E-state index is 6.42. The lowest BCUT2D eigenvalue weighted by Crippen LogP contribution is -2.29. The molecule has 19 heavy (non-hydrogen) atoms. The molecular weight excluding hydrogens is 236 g/mol. The van der Waals surface area contributed by atoms with Crippen LogP contribution in [-0.4, -0.2) is 17.7 Å². The maximum absolute atomic E-state index is 6.42. The maximum Gasteiger partial charge on any atom is 0.0767 e. The van der Waals surface area contributed by atoms with Gasteiger partial charge in [0.05, 0.1) is 12.1 Å². The molecule has 0 bridgehead atoms. The third-order valence-electron chi connectivity index (χ3n) is 3.43. The number of pyridine rings is 1. The fourth-order valence-electron chi connectivity index (χ4n) is 2.49. The quantitative estimate of drug-likeness (QED) is 0.863. The number of aromatic nitrogens is 1. The fourth-order valence-corrected chi connectivity index (χ4v) is 2.49. The Bertz CT molecular complexity index is 516. The van der Waals surface area contributed by atoms with Crippen molar-refractivity contribution in [3.05, 3.63) is 42.2 Å². The Hall–Kier alpha value is -1.45. The van der Waals surface area contributed by atoms with E-state index in [1.54, 1.807) is 0 Å². The van der Waals surface area contributed by atoms with Gasteiger partial charge in [-0.05, 0) is 30.4 Å². The lowest BCUT2D eigenvalue weighted by molar-refractivity contribution is 0.0377. The molecule has 0 aliphatic rings. The first-order valence-corrected chi connectivity index (χ1v) is 6.97. The monoisotopic (exact) mass is 258 g/mol. The molecule has 1 aromatic heterocycles. The van der Waals surface area contributed by atoms with Gasteiger partial charge in [0.1, 0.15) is 0 Å². The summed E-state index contributed by atoms with van der Waals surface area (Å²) in [6, 6.07) is 8.12. The van der Waals surface area contributed by atoms with Crippen molar-refractivity contribution in [2.24, 2.45) is 5.73 Å². The van der Waals surface area contributed by atoms with Crippen molar-refractivity contribution in [1.82, 2.24) is 4.98 Å². The van der Waals surface area contributed by atoms with Crippen LogP contribution in [0.15, 0.2) is 36.7 Å². The van der Waals surface area contributed by atoms with Crippen molar-refractivity contribution < 1.29 is 4.74 Å². The molecule has 102 valence electrons. The molecule has 0 saturated heterocycles. The summed E-state index contributed by atoms with van der Waals surface area (Å²) >= 11 is 0. The Morgan fingerprint density at radius 1 is 1.26 bits per heavy atom. The van der Waals surface area contributed by atoms with E-state index in [0.29, 0.717) is 6.61 Å². The van der Waals surface area contributed by atoms with E-state index in [2.05, 4.69) is 24.0 Å². The molecule has 1 heterocycles. The normalized spacial score (nSPS) is 14.5. The van der Waals surface area contributed by atoms with Gasteiger partial charge in [0, 0.05) is 24.4 Å². The van der Waals surface area contributed by atoms with Crippen LogP contribution in [0.25, 0.3) is 10.8 Å². The summed E-state index contributed by atoms with van der Waals surface area (Å²) < 4.78 is 5.80. The van der Waals surface area contributed by atoms with Crippen LogP contribution in [0.3, 0.4) is 0 Å². The highest BCUT2D eigenvalue weighted by atomic mass is 16.5. The molecule has 3 heteroatoms. The molecule has 2 N–H and O–H groups in total. The van der Waals surface area contributed by atoms with Gasteiger partial charge in [-0.2, -0.15) is 0 Å². The molecule has 0 spiro atoms. The van der Waals surface area contributed by atoms with Crippen LogP contribution in [0.2, 0.25) is 0 Å². The predicted octanol–water partition coefficient (Wildman–Crippen LogP) is 3.44. The SMILES string of the molecule is CCCC(OCC)C(N)c1cccc2ccncc12. The lowest BCUT2D eigenvalue weighted by atomic mass is 9.95. The molecule has 0 amide bonds. The molecule has 2 atom stereocenters. The molecule has 0 aliphatic carbocycles. The number of ether oxygens (including phenoxy) is 1. The minimum atomic E-state index is -0.104. The van der Waals surface area contributed by atoms with Crippen LogP contribution in [0.1, 0.15) is 38.3 Å².